The molecule has 1 aromatic rings. The van der Waals surface area contributed by atoms with Crippen molar-refractivity contribution in [1.82, 2.24) is 10.2 Å². The number of nitrogens with one attached hydrogen (secondary N) is 1. The molecule has 104 valence electrons. The van der Waals surface area contributed by atoms with Crippen LogP contribution >= 0.6 is 0 Å². The zero-order chi connectivity index (χ0) is 14.4. The number of carbonyl (C=O) groups excluding carboxylic acids is 2. The van der Waals surface area contributed by atoms with Crippen molar-refractivity contribution in [3.8, 4) is 0 Å². The topological polar surface area (TPSA) is 75.4 Å². The molecule has 3 N–H and O–H groups in total. The molecule has 0 heterocycles. The number of hydrogen-bond acceptors (Lipinski definition) is 3. The molecule has 1 atom stereocenters. The zero-order valence-electron chi connectivity index (χ0n) is 11.6. The third-order valence-electron chi connectivity index (χ3n) is 2.99. The van der Waals surface area contributed by atoms with Crippen LogP contribution in [0.1, 0.15) is 29.8 Å². The highest BCUT2D eigenvalue weighted by atomic mass is 16.2. The molecule has 0 aliphatic carbocycles. The first kappa shape index (κ1) is 15.2. The fourth-order valence-electron chi connectivity index (χ4n) is 1.67. The Morgan fingerprint density at radius 2 is 2.11 bits per heavy atom. The summed E-state index contributed by atoms with van der Waals surface area (Å²) in [6.07, 6.45) is 0. The molecular formula is C14H21N3O2. The summed E-state index contributed by atoms with van der Waals surface area (Å²) in [6, 6.07) is 6.53. The van der Waals surface area contributed by atoms with Gasteiger partial charge in [0.05, 0.1) is 0 Å². The number of amides is 2. The van der Waals surface area contributed by atoms with Crippen LogP contribution in [0.2, 0.25) is 0 Å². The average molecular weight is 263 g/mol. The van der Waals surface area contributed by atoms with Gasteiger partial charge in [-0.1, -0.05) is 12.1 Å². The van der Waals surface area contributed by atoms with Crippen molar-refractivity contribution in [2.24, 2.45) is 5.73 Å². The minimum Gasteiger partial charge on any atom is -0.344 e. The van der Waals surface area contributed by atoms with Crippen molar-refractivity contribution in [2.75, 3.05) is 13.6 Å². The van der Waals surface area contributed by atoms with Crippen molar-refractivity contribution < 1.29 is 9.59 Å². The Labute approximate surface area is 113 Å². The van der Waals surface area contributed by atoms with Gasteiger partial charge in [-0.2, -0.15) is 0 Å². The minimum absolute atomic E-state index is 0.106. The number of benzene rings is 1. The van der Waals surface area contributed by atoms with Gasteiger partial charge in [0.2, 0.25) is 5.91 Å². The van der Waals surface area contributed by atoms with Crippen molar-refractivity contribution in [3.63, 3.8) is 0 Å². The molecule has 0 aromatic heterocycles. The highest BCUT2D eigenvalue weighted by Gasteiger charge is 2.19. The van der Waals surface area contributed by atoms with E-state index in [4.69, 9.17) is 5.73 Å². The lowest BCUT2D eigenvalue weighted by molar-refractivity contribution is -0.131. The monoisotopic (exact) mass is 263 g/mol. The van der Waals surface area contributed by atoms with E-state index < -0.39 is 6.04 Å². The van der Waals surface area contributed by atoms with Crippen LogP contribution in [0, 0.1) is 0 Å². The van der Waals surface area contributed by atoms with Crippen molar-refractivity contribution in [3.05, 3.63) is 35.4 Å². The van der Waals surface area contributed by atoms with E-state index in [-0.39, 0.29) is 11.8 Å². The lowest BCUT2D eigenvalue weighted by Crippen LogP contribution is -2.45. The summed E-state index contributed by atoms with van der Waals surface area (Å²) in [5.41, 5.74) is 6.94. The number of rotatable bonds is 5. The lowest BCUT2D eigenvalue weighted by atomic mass is 10.1. The highest BCUT2D eigenvalue weighted by molar-refractivity contribution is 5.97. The Bertz CT molecular complexity index is 460. The maximum Gasteiger partial charge on any atom is 0.251 e. The molecule has 5 nitrogen and oxygen atoms in total. The molecule has 5 heteroatoms. The quantitative estimate of drug-likeness (QED) is 0.823. The van der Waals surface area contributed by atoms with Crippen molar-refractivity contribution in [2.45, 2.75) is 26.4 Å². The van der Waals surface area contributed by atoms with E-state index in [1.807, 2.05) is 13.0 Å². The predicted octanol–water partition coefficient (Wildman–Crippen LogP) is 0.742. The number of likely N-dealkylation sites (N-methyl/N-ethyl adjacent to an activating group) is 1. The van der Waals surface area contributed by atoms with Crippen LogP contribution in [-0.4, -0.2) is 36.3 Å². The van der Waals surface area contributed by atoms with Gasteiger partial charge >= 0.3 is 0 Å². The molecule has 0 saturated carbocycles. The van der Waals surface area contributed by atoms with E-state index in [0.29, 0.717) is 18.7 Å². The Balaban J connectivity index is 2.71. The molecule has 1 aromatic carbocycles. The first-order chi connectivity index (χ1) is 8.99. The van der Waals surface area contributed by atoms with Gasteiger partial charge in [0.1, 0.15) is 6.04 Å². The summed E-state index contributed by atoms with van der Waals surface area (Å²) >= 11 is 0. The maximum absolute atomic E-state index is 12.0. The normalized spacial score (nSPS) is 11.8. The summed E-state index contributed by atoms with van der Waals surface area (Å²) in [6.45, 7) is 4.56. The maximum atomic E-state index is 12.0. The van der Waals surface area contributed by atoms with Gasteiger partial charge < -0.3 is 16.0 Å². The molecule has 0 fully saturated rings. The number of nitrogens with zero attached hydrogens (tertiary/aromatic N) is 1. The molecule has 0 aliphatic heterocycles. The first-order valence-electron chi connectivity index (χ1n) is 6.34. The lowest BCUT2D eigenvalue weighted by Gasteiger charge is -2.20. The van der Waals surface area contributed by atoms with E-state index >= 15 is 0 Å². The van der Waals surface area contributed by atoms with E-state index in [9.17, 15) is 9.59 Å². The van der Waals surface area contributed by atoms with Gasteiger partial charge in [0, 0.05) is 25.7 Å². The van der Waals surface area contributed by atoms with Crippen LogP contribution in [-0.2, 0) is 11.3 Å². The molecule has 2 amide bonds. The van der Waals surface area contributed by atoms with Crippen LogP contribution in [0.4, 0.5) is 0 Å². The molecule has 0 bridgehead atoms. The van der Waals surface area contributed by atoms with E-state index in [2.05, 4.69) is 5.32 Å². The highest BCUT2D eigenvalue weighted by Crippen LogP contribution is 2.05. The number of hydrogen-bond donors (Lipinski definition) is 2. The van der Waals surface area contributed by atoms with Gasteiger partial charge in [0.15, 0.2) is 0 Å². The van der Waals surface area contributed by atoms with Crippen LogP contribution in [0.5, 0.6) is 0 Å². The van der Waals surface area contributed by atoms with Gasteiger partial charge in [-0.25, -0.2) is 0 Å². The Morgan fingerprint density at radius 3 is 2.68 bits per heavy atom. The second-order valence-corrected chi connectivity index (χ2v) is 4.45. The molecule has 19 heavy (non-hydrogen) atoms. The molecule has 0 saturated heterocycles. The number of nitrogens with two attached hydrogens (primary N) is 1. The van der Waals surface area contributed by atoms with E-state index in [1.165, 1.54) is 0 Å². The standard InChI is InChI=1S/C14H21N3O2/c1-4-17(3)14(19)10(2)16-13(18)12-7-5-6-11(8-12)9-15/h5-8,10H,4,9,15H2,1-3H3,(H,16,18). The summed E-state index contributed by atoms with van der Waals surface area (Å²) < 4.78 is 0. The molecule has 0 radical (unpaired) electrons. The molecule has 1 rings (SSSR count). The van der Waals surface area contributed by atoms with Crippen LogP contribution in [0.15, 0.2) is 24.3 Å². The third kappa shape index (κ3) is 4.06. The Kier molecular flexibility index (Phi) is 5.51. The SMILES string of the molecule is CCN(C)C(=O)C(C)NC(=O)c1cccc(CN)c1. The Hall–Kier alpha value is -1.88. The second-order valence-electron chi connectivity index (χ2n) is 4.45. The zero-order valence-corrected chi connectivity index (χ0v) is 11.6. The molecular weight excluding hydrogens is 242 g/mol. The average Bonchev–Trinajstić information content (AvgIpc) is 2.45. The summed E-state index contributed by atoms with van der Waals surface area (Å²) in [7, 11) is 1.71. The van der Waals surface area contributed by atoms with Crippen molar-refractivity contribution >= 4 is 11.8 Å². The van der Waals surface area contributed by atoms with E-state index in [0.717, 1.165) is 5.56 Å². The van der Waals surface area contributed by atoms with E-state index in [1.54, 1.807) is 37.1 Å². The summed E-state index contributed by atoms with van der Waals surface area (Å²) in [4.78, 5) is 25.4. The van der Waals surface area contributed by atoms with Crippen LogP contribution in [0.25, 0.3) is 0 Å². The van der Waals surface area contributed by atoms with Gasteiger partial charge in [0.25, 0.3) is 5.91 Å². The van der Waals surface area contributed by atoms with Crippen LogP contribution < -0.4 is 11.1 Å². The molecule has 0 spiro atoms. The van der Waals surface area contributed by atoms with Crippen molar-refractivity contribution in [1.29, 1.82) is 0 Å². The largest absolute Gasteiger partial charge is 0.344 e. The third-order valence-corrected chi connectivity index (χ3v) is 2.99. The summed E-state index contributed by atoms with van der Waals surface area (Å²) in [5, 5.41) is 2.69. The summed E-state index contributed by atoms with van der Waals surface area (Å²) in [5.74, 6) is -0.369. The Morgan fingerprint density at radius 1 is 1.42 bits per heavy atom. The van der Waals surface area contributed by atoms with Gasteiger partial charge in [-0.15, -0.1) is 0 Å². The fraction of sp³-hybridized carbons (Fsp3) is 0.429. The van der Waals surface area contributed by atoms with Gasteiger partial charge in [-0.05, 0) is 31.5 Å². The van der Waals surface area contributed by atoms with Crippen LogP contribution in [0.3, 0.4) is 0 Å². The fourth-order valence-corrected chi connectivity index (χ4v) is 1.67. The smallest absolute Gasteiger partial charge is 0.251 e. The minimum atomic E-state index is -0.543. The molecule has 1 unspecified atom stereocenters. The first-order valence-corrected chi connectivity index (χ1v) is 6.34. The predicted molar refractivity (Wildman–Crippen MR) is 74.6 cm³/mol. The van der Waals surface area contributed by atoms with Gasteiger partial charge in [-0.3, -0.25) is 9.59 Å². The second kappa shape index (κ2) is 6.89. The number of carbonyl (C=O) groups is 2. The molecule has 0 aliphatic rings.